The molecule has 1 aromatic heterocycles. The zero-order chi connectivity index (χ0) is 21.1. The van der Waals surface area contributed by atoms with Crippen LogP contribution < -0.4 is 4.90 Å². The number of carbonyl (C=O) groups excluding carboxylic acids is 1. The molecule has 0 saturated heterocycles. The van der Waals surface area contributed by atoms with Crippen molar-refractivity contribution in [1.29, 1.82) is 0 Å². The van der Waals surface area contributed by atoms with Gasteiger partial charge in [0.2, 0.25) is 5.91 Å². The van der Waals surface area contributed by atoms with E-state index >= 15 is 0 Å². The SMILES string of the molecule is CCc1ccc(CC(=O)N(Cc2ccccc2)c2nc3c(F)cc(F)cc3s2)cc1. The number of carbonyl (C=O) groups is 1. The average Bonchev–Trinajstić information content (AvgIpc) is 3.17. The van der Waals surface area contributed by atoms with E-state index in [1.165, 1.54) is 11.6 Å². The highest BCUT2D eigenvalue weighted by Gasteiger charge is 2.22. The summed E-state index contributed by atoms with van der Waals surface area (Å²) in [7, 11) is 0. The normalized spacial score (nSPS) is 11.0. The lowest BCUT2D eigenvalue weighted by Gasteiger charge is -2.20. The van der Waals surface area contributed by atoms with E-state index in [9.17, 15) is 13.6 Å². The summed E-state index contributed by atoms with van der Waals surface area (Å²) < 4.78 is 28.2. The van der Waals surface area contributed by atoms with Crippen LogP contribution >= 0.6 is 11.3 Å². The van der Waals surface area contributed by atoms with E-state index in [1.54, 1.807) is 4.90 Å². The van der Waals surface area contributed by atoms with Crippen molar-refractivity contribution in [3.63, 3.8) is 0 Å². The largest absolute Gasteiger partial charge is 0.283 e. The number of aryl methyl sites for hydroxylation is 1. The summed E-state index contributed by atoms with van der Waals surface area (Å²) in [6, 6.07) is 19.5. The Kier molecular flexibility index (Phi) is 5.86. The Morgan fingerprint density at radius 1 is 0.967 bits per heavy atom. The number of hydrogen-bond acceptors (Lipinski definition) is 3. The summed E-state index contributed by atoms with van der Waals surface area (Å²) in [6.07, 6.45) is 1.13. The molecule has 0 N–H and O–H groups in total. The number of hydrogen-bond donors (Lipinski definition) is 0. The molecular weight excluding hydrogens is 402 g/mol. The summed E-state index contributed by atoms with van der Waals surface area (Å²) in [5, 5.41) is 0.355. The maximum Gasteiger partial charge on any atom is 0.233 e. The molecule has 4 rings (SSSR count). The van der Waals surface area contributed by atoms with E-state index < -0.39 is 11.6 Å². The van der Waals surface area contributed by atoms with Gasteiger partial charge in [0.15, 0.2) is 10.9 Å². The topological polar surface area (TPSA) is 33.2 Å². The van der Waals surface area contributed by atoms with E-state index in [-0.39, 0.29) is 17.8 Å². The van der Waals surface area contributed by atoms with E-state index in [0.717, 1.165) is 35.0 Å². The van der Waals surface area contributed by atoms with Crippen molar-refractivity contribution < 1.29 is 13.6 Å². The van der Waals surface area contributed by atoms with Crippen LogP contribution in [0.4, 0.5) is 13.9 Å². The third-order valence-corrected chi connectivity index (χ3v) is 5.93. The minimum atomic E-state index is -0.727. The maximum absolute atomic E-state index is 14.2. The van der Waals surface area contributed by atoms with Crippen molar-refractivity contribution in [2.24, 2.45) is 0 Å². The van der Waals surface area contributed by atoms with Crippen molar-refractivity contribution in [3.8, 4) is 0 Å². The van der Waals surface area contributed by atoms with Gasteiger partial charge in [0.05, 0.1) is 17.7 Å². The van der Waals surface area contributed by atoms with Crippen molar-refractivity contribution in [3.05, 3.63) is 95.1 Å². The monoisotopic (exact) mass is 422 g/mol. The molecule has 152 valence electrons. The average molecular weight is 423 g/mol. The molecule has 0 spiro atoms. The van der Waals surface area contributed by atoms with Crippen LogP contribution in [0.25, 0.3) is 10.2 Å². The lowest BCUT2D eigenvalue weighted by molar-refractivity contribution is -0.118. The van der Waals surface area contributed by atoms with Crippen LogP contribution in [0, 0.1) is 11.6 Å². The molecule has 4 aromatic rings. The Labute approximate surface area is 177 Å². The minimum Gasteiger partial charge on any atom is -0.283 e. The van der Waals surface area contributed by atoms with Gasteiger partial charge < -0.3 is 0 Å². The van der Waals surface area contributed by atoms with Crippen LogP contribution in [0.15, 0.2) is 66.7 Å². The zero-order valence-electron chi connectivity index (χ0n) is 16.4. The number of anilines is 1. The highest BCUT2D eigenvalue weighted by molar-refractivity contribution is 7.22. The van der Waals surface area contributed by atoms with Crippen LogP contribution in [-0.2, 0) is 24.2 Å². The highest BCUT2D eigenvalue weighted by Crippen LogP contribution is 2.32. The molecule has 1 amide bonds. The molecule has 0 aliphatic carbocycles. The fraction of sp³-hybridized carbons (Fsp3) is 0.167. The fourth-order valence-corrected chi connectivity index (χ4v) is 4.27. The van der Waals surface area contributed by atoms with Gasteiger partial charge in [0.1, 0.15) is 11.3 Å². The quantitative estimate of drug-likeness (QED) is 0.387. The molecule has 0 aliphatic rings. The number of amides is 1. The fourth-order valence-electron chi connectivity index (χ4n) is 3.25. The number of aromatic nitrogens is 1. The predicted octanol–water partition coefficient (Wildman–Crippen LogP) is 5.91. The Morgan fingerprint density at radius 2 is 1.67 bits per heavy atom. The standard InChI is InChI=1S/C24H20F2N2OS/c1-2-16-8-10-17(11-9-16)12-22(29)28(15-18-6-4-3-5-7-18)24-27-23-20(26)13-19(25)14-21(23)30-24/h3-11,13-14H,2,12,15H2,1H3. The zero-order valence-corrected chi connectivity index (χ0v) is 17.3. The third-order valence-electron chi connectivity index (χ3n) is 4.90. The van der Waals surface area contributed by atoms with Crippen molar-refractivity contribution in [2.75, 3.05) is 4.90 Å². The summed E-state index contributed by atoms with van der Waals surface area (Å²) in [4.78, 5) is 19.1. The lowest BCUT2D eigenvalue weighted by Crippen LogP contribution is -2.31. The molecule has 30 heavy (non-hydrogen) atoms. The third kappa shape index (κ3) is 4.39. The van der Waals surface area contributed by atoms with E-state index in [0.29, 0.717) is 16.4 Å². The second-order valence-electron chi connectivity index (χ2n) is 7.04. The number of thiazole rings is 1. The second kappa shape index (κ2) is 8.71. The molecule has 3 aromatic carbocycles. The van der Waals surface area contributed by atoms with Gasteiger partial charge in [-0.3, -0.25) is 9.69 Å². The van der Waals surface area contributed by atoms with Crippen LogP contribution in [0.5, 0.6) is 0 Å². The number of fused-ring (bicyclic) bond motifs is 1. The Balaban J connectivity index is 1.68. The first-order valence-corrected chi connectivity index (χ1v) is 10.5. The van der Waals surface area contributed by atoms with Gasteiger partial charge in [-0.25, -0.2) is 13.8 Å². The number of halogens is 2. The lowest BCUT2D eigenvalue weighted by atomic mass is 10.1. The summed E-state index contributed by atoms with van der Waals surface area (Å²) >= 11 is 1.11. The number of nitrogens with zero attached hydrogens (tertiary/aromatic N) is 2. The molecule has 3 nitrogen and oxygen atoms in total. The smallest absolute Gasteiger partial charge is 0.233 e. The van der Waals surface area contributed by atoms with Crippen molar-refractivity contribution in [2.45, 2.75) is 26.3 Å². The van der Waals surface area contributed by atoms with E-state index in [2.05, 4.69) is 11.9 Å². The van der Waals surface area contributed by atoms with Gasteiger partial charge >= 0.3 is 0 Å². The molecule has 0 fully saturated rings. The Morgan fingerprint density at radius 3 is 2.37 bits per heavy atom. The second-order valence-corrected chi connectivity index (χ2v) is 8.05. The molecule has 0 bridgehead atoms. The van der Waals surface area contributed by atoms with Gasteiger partial charge in [-0.1, -0.05) is 72.9 Å². The van der Waals surface area contributed by atoms with E-state index in [1.807, 2.05) is 54.6 Å². The van der Waals surface area contributed by atoms with Gasteiger partial charge in [0.25, 0.3) is 0 Å². The maximum atomic E-state index is 14.2. The number of benzene rings is 3. The summed E-state index contributed by atoms with van der Waals surface area (Å²) in [5.74, 6) is -1.54. The summed E-state index contributed by atoms with van der Waals surface area (Å²) in [6.45, 7) is 2.38. The first kappa shape index (κ1) is 20.2. The van der Waals surface area contributed by atoms with Crippen LogP contribution in [0.3, 0.4) is 0 Å². The molecule has 1 heterocycles. The molecule has 0 unspecified atom stereocenters. The predicted molar refractivity (Wildman–Crippen MR) is 117 cm³/mol. The van der Waals surface area contributed by atoms with Crippen molar-refractivity contribution in [1.82, 2.24) is 4.98 Å². The number of rotatable bonds is 6. The molecule has 0 radical (unpaired) electrons. The molecule has 6 heteroatoms. The van der Waals surface area contributed by atoms with Crippen LogP contribution in [-0.4, -0.2) is 10.9 Å². The Bertz CT molecular complexity index is 1170. The highest BCUT2D eigenvalue weighted by atomic mass is 32.1. The molecule has 0 atom stereocenters. The first-order chi connectivity index (χ1) is 14.5. The molecule has 0 saturated carbocycles. The minimum absolute atomic E-state index is 0.0783. The molecular formula is C24H20F2N2OS. The molecule has 0 aliphatic heterocycles. The van der Waals surface area contributed by atoms with Gasteiger partial charge in [-0.15, -0.1) is 0 Å². The van der Waals surface area contributed by atoms with Gasteiger partial charge in [0, 0.05) is 6.07 Å². The van der Waals surface area contributed by atoms with Crippen LogP contribution in [0.1, 0.15) is 23.6 Å². The Hall–Kier alpha value is -3.12. The summed E-state index contributed by atoms with van der Waals surface area (Å²) in [5.41, 5.74) is 3.11. The van der Waals surface area contributed by atoms with Gasteiger partial charge in [-0.2, -0.15) is 0 Å². The first-order valence-electron chi connectivity index (χ1n) is 9.71. The van der Waals surface area contributed by atoms with E-state index in [4.69, 9.17) is 0 Å². The van der Waals surface area contributed by atoms with Crippen molar-refractivity contribution >= 4 is 32.6 Å². The van der Waals surface area contributed by atoms with Crippen LogP contribution in [0.2, 0.25) is 0 Å². The van der Waals surface area contributed by atoms with Gasteiger partial charge in [-0.05, 0) is 29.2 Å².